The van der Waals surface area contributed by atoms with Crippen LogP contribution in [0.5, 0.6) is 0 Å². The third-order valence-electron chi connectivity index (χ3n) is 2.62. The maximum atomic E-state index is 11.6. The molecule has 0 bridgehead atoms. The van der Waals surface area contributed by atoms with Gasteiger partial charge in [0, 0.05) is 17.7 Å². The molecule has 24 heavy (non-hydrogen) atoms. The van der Waals surface area contributed by atoms with E-state index in [1.54, 1.807) is 6.07 Å². The average Bonchev–Trinajstić information content (AvgIpc) is 2.88. The molecule has 1 aliphatic heterocycles. The maximum Gasteiger partial charge on any atom is 0.331 e. The third kappa shape index (κ3) is 4.49. The first kappa shape index (κ1) is 17.8. The molecule has 0 atom stereocenters. The van der Waals surface area contributed by atoms with E-state index < -0.39 is 16.8 Å². The first-order valence-corrected chi connectivity index (χ1v) is 7.85. The Kier molecular flexibility index (Phi) is 5.82. The van der Waals surface area contributed by atoms with Crippen molar-refractivity contribution in [1.29, 1.82) is 0 Å². The van der Waals surface area contributed by atoms with E-state index in [2.05, 4.69) is 36.2 Å². The van der Waals surface area contributed by atoms with Crippen molar-refractivity contribution in [2.24, 2.45) is 10.2 Å². The number of amidine groups is 1. The van der Waals surface area contributed by atoms with E-state index in [-0.39, 0.29) is 15.8 Å². The van der Waals surface area contributed by atoms with Crippen molar-refractivity contribution in [2.45, 2.75) is 0 Å². The van der Waals surface area contributed by atoms with E-state index in [4.69, 9.17) is 0 Å². The number of amides is 1. The van der Waals surface area contributed by atoms with Crippen LogP contribution in [0.4, 0.5) is 5.69 Å². The highest BCUT2D eigenvalue weighted by Gasteiger charge is 2.25. The van der Waals surface area contributed by atoms with Gasteiger partial charge in [-0.15, -0.1) is 5.10 Å². The van der Waals surface area contributed by atoms with Crippen molar-refractivity contribution in [1.82, 2.24) is 5.32 Å². The molecule has 0 saturated carbocycles. The zero-order valence-corrected chi connectivity index (χ0v) is 14.5. The molecule has 1 fully saturated rings. The summed E-state index contributed by atoms with van der Waals surface area (Å²) in [7, 11) is 1.20. The van der Waals surface area contributed by atoms with Crippen LogP contribution in [0, 0.1) is 10.1 Å². The molecule has 2 rings (SSSR count). The number of carbonyl (C=O) groups excluding carboxylic acids is 2. The van der Waals surface area contributed by atoms with Gasteiger partial charge in [0.15, 0.2) is 5.17 Å². The second-order valence-electron chi connectivity index (χ2n) is 4.21. The number of nitrogens with zero attached hydrogens (tertiary/aromatic N) is 3. The molecule has 9 nitrogen and oxygen atoms in total. The van der Waals surface area contributed by atoms with Crippen molar-refractivity contribution < 1.29 is 19.2 Å². The van der Waals surface area contributed by atoms with Gasteiger partial charge in [-0.1, -0.05) is 6.07 Å². The predicted octanol–water partition coefficient (Wildman–Crippen LogP) is 1.97. The summed E-state index contributed by atoms with van der Waals surface area (Å²) in [6, 6.07) is 4.47. The third-order valence-corrected chi connectivity index (χ3v) is 4.19. The molecule has 124 valence electrons. The SMILES string of the molecule is COC(=O)/C=C1/S/C(=N\N=Cc2ccc(Br)c([N+](=O)[O-])c2)NC1=O. The number of nitrogens with one attached hydrogen (secondary N) is 1. The van der Waals surface area contributed by atoms with Gasteiger partial charge in [0.2, 0.25) is 0 Å². The van der Waals surface area contributed by atoms with Gasteiger partial charge in [-0.25, -0.2) is 4.79 Å². The summed E-state index contributed by atoms with van der Waals surface area (Å²) >= 11 is 4.01. The molecular formula is C13H9BrN4O5S. The number of esters is 1. The van der Waals surface area contributed by atoms with E-state index >= 15 is 0 Å². The van der Waals surface area contributed by atoms with Crippen LogP contribution in [0.15, 0.2) is 43.9 Å². The zero-order chi connectivity index (χ0) is 17.7. The molecule has 0 radical (unpaired) electrons. The first-order valence-electron chi connectivity index (χ1n) is 6.24. The first-order chi connectivity index (χ1) is 11.4. The lowest BCUT2D eigenvalue weighted by Gasteiger charge is -1.96. The second kappa shape index (κ2) is 7.84. The molecule has 1 amide bonds. The molecule has 0 aliphatic carbocycles. The van der Waals surface area contributed by atoms with Crippen LogP contribution in [-0.4, -0.2) is 35.3 Å². The fraction of sp³-hybridized carbons (Fsp3) is 0.0769. The van der Waals surface area contributed by atoms with Gasteiger partial charge in [0.1, 0.15) is 0 Å². The molecule has 0 spiro atoms. The number of thioether (sulfide) groups is 1. The van der Waals surface area contributed by atoms with Crippen LogP contribution < -0.4 is 5.32 Å². The normalized spacial score (nSPS) is 17.5. The number of hydrogen-bond acceptors (Lipinski definition) is 8. The molecule has 1 aliphatic rings. The van der Waals surface area contributed by atoms with Crippen LogP contribution in [-0.2, 0) is 14.3 Å². The summed E-state index contributed by atoms with van der Waals surface area (Å²) in [5, 5.41) is 21.0. The Morgan fingerprint density at radius 2 is 2.25 bits per heavy atom. The quantitative estimate of drug-likeness (QED) is 0.265. The standard InChI is InChI=1S/C13H9BrN4O5S/c1-23-11(19)5-10-12(20)16-13(24-10)17-15-6-7-2-3-8(14)9(4-7)18(21)22/h2-6H,1H3,(H,16,17,20)/b10-5+,15-6?. The number of benzene rings is 1. The minimum absolute atomic E-state index is 0.0987. The molecule has 0 aromatic heterocycles. The minimum atomic E-state index is -0.653. The highest BCUT2D eigenvalue weighted by Crippen LogP contribution is 2.25. The molecule has 1 saturated heterocycles. The minimum Gasteiger partial charge on any atom is -0.466 e. The maximum absolute atomic E-state index is 11.6. The van der Waals surface area contributed by atoms with Crippen molar-refractivity contribution in [3.05, 3.63) is 49.3 Å². The van der Waals surface area contributed by atoms with Crippen molar-refractivity contribution >= 4 is 56.6 Å². The van der Waals surface area contributed by atoms with Crippen molar-refractivity contribution in [3.63, 3.8) is 0 Å². The fourth-order valence-corrected chi connectivity index (χ4v) is 2.67. The van der Waals surface area contributed by atoms with Gasteiger partial charge in [-0.05, 0) is 33.8 Å². The topological polar surface area (TPSA) is 123 Å². The Bertz CT molecular complexity index is 806. The summed E-state index contributed by atoms with van der Waals surface area (Å²) in [6.45, 7) is 0. The molecule has 0 unspecified atom stereocenters. The second-order valence-corrected chi connectivity index (χ2v) is 6.09. The van der Waals surface area contributed by atoms with Crippen LogP contribution in [0.3, 0.4) is 0 Å². The Balaban J connectivity index is 2.11. The van der Waals surface area contributed by atoms with Crippen LogP contribution >= 0.6 is 27.7 Å². The van der Waals surface area contributed by atoms with Gasteiger partial charge in [0.25, 0.3) is 11.6 Å². The van der Waals surface area contributed by atoms with Crippen molar-refractivity contribution in [2.75, 3.05) is 7.11 Å². The Morgan fingerprint density at radius 1 is 1.50 bits per heavy atom. The summed E-state index contributed by atoms with van der Waals surface area (Å²) < 4.78 is 4.79. The van der Waals surface area contributed by atoms with Crippen LogP contribution in [0.2, 0.25) is 0 Å². The number of nitro groups is 1. The summed E-state index contributed by atoms with van der Waals surface area (Å²) in [5.74, 6) is -1.14. The highest BCUT2D eigenvalue weighted by molar-refractivity contribution is 9.10. The van der Waals surface area contributed by atoms with E-state index in [0.29, 0.717) is 10.0 Å². The molecular weight excluding hydrogens is 404 g/mol. The molecule has 1 N–H and O–H groups in total. The Hall–Kier alpha value is -2.53. The molecule has 11 heteroatoms. The van der Waals surface area contributed by atoms with Gasteiger partial charge in [0.05, 0.1) is 27.6 Å². The Morgan fingerprint density at radius 3 is 2.92 bits per heavy atom. The molecule has 1 aromatic rings. The van der Waals surface area contributed by atoms with Crippen LogP contribution in [0.1, 0.15) is 5.56 Å². The van der Waals surface area contributed by atoms with Gasteiger partial charge < -0.3 is 4.74 Å². The van der Waals surface area contributed by atoms with Gasteiger partial charge in [-0.3, -0.25) is 20.2 Å². The number of nitro benzene ring substituents is 1. The zero-order valence-electron chi connectivity index (χ0n) is 12.1. The molecule has 1 heterocycles. The smallest absolute Gasteiger partial charge is 0.331 e. The van der Waals surface area contributed by atoms with Crippen LogP contribution in [0.25, 0.3) is 0 Å². The predicted molar refractivity (Wildman–Crippen MR) is 91.7 cm³/mol. The lowest BCUT2D eigenvalue weighted by atomic mass is 10.2. The lowest BCUT2D eigenvalue weighted by Crippen LogP contribution is -2.19. The molecule has 1 aromatic carbocycles. The van der Waals surface area contributed by atoms with E-state index in [9.17, 15) is 19.7 Å². The number of carbonyl (C=O) groups is 2. The Labute approximate surface area is 148 Å². The highest BCUT2D eigenvalue weighted by atomic mass is 79.9. The van der Waals surface area contributed by atoms with Gasteiger partial charge in [-0.2, -0.15) is 5.10 Å². The van der Waals surface area contributed by atoms with Crippen molar-refractivity contribution in [3.8, 4) is 0 Å². The number of methoxy groups -OCH3 is 1. The number of halogens is 1. The largest absolute Gasteiger partial charge is 0.466 e. The van der Waals surface area contributed by atoms with E-state index in [1.165, 1.54) is 25.5 Å². The number of hydrogen-bond donors (Lipinski definition) is 1. The summed E-state index contributed by atoms with van der Waals surface area (Å²) in [6.07, 6.45) is 2.35. The average molecular weight is 413 g/mol. The number of ether oxygens (including phenoxy) is 1. The number of rotatable bonds is 4. The van der Waals surface area contributed by atoms with E-state index in [0.717, 1.165) is 17.8 Å². The summed E-state index contributed by atoms with van der Waals surface area (Å²) in [4.78, 5) is 33.2. The van der Waals surface area contributed by atoms with E-state index in [1.807, 2.05) is 0 Å². The van der Waals surface area contributed by atoms with Gasteiger partial charge >= 0.3 is 5.97 Å². The lowest BCUT2D eigenvalue weighted by molar-refractivity contribution is -0.385. The summed E-state index contributed by atoms with van der Waals surface area (Å²) in [5.41, 5.74) is 0.368. The fourth-order valence-electron chi connectivity index (χ4n) is 1.54. The monoisotopic (exact) mass is 412 g/mol.